The first-order valence-electron chi connectivity index (χ1n) is 10.7. The second kappa shape index (κ2) is 10.6. The molecule has 1 unspecified atom stereocenters. The molecule has 0 amide bonds. The Kier molecular flexibility index (Phi) is 7.35. The first kappa shape index (κ1) is 22.9. The number of hydrogen-bond acceptors (Lipinski definition) is 5. The van der Waals surface area contributed by atoms with Crippen molar-refractivity contribution in [3.05, 3.63) is 88.7 Å². The van der Waals surface area contributed by atoms with Crippen LogP contribution in [0.1, 0.15) is 30.4 Å². The van der Waals surface area contributed by atoms with Crippen LogP contribution in [-0.4, -0.2) is 31.9 Å². The number of hydrogen-bond donors (Lipinski definition) is 0. The quantitative estimate of drug-likeness (QED) is 0.390. The zero-order chi connectivity index (χ0) is 23.2. The molecule has 172 valence electrons. The SMILES string of the molecule is CCOC(=O)CC(c1ccc(F)cc1)c1ccc(OC[C@H]2COc3ccc(Cl)cc3O2)cc1. The molecule has 0 spiro atoms. The number of benzene rings is 3. The van der Waals surface area contributed by atoms with E-state index in [-0.39, 0.29) is 30.2 Å². The van der Waals surface area contributed by atoms with Gasteiger partial charge < -0.3 is 18.9 Å². The van der Waals surface area contributed by atoms with Crippen LogP contribution in [0.4, 0.5) is 4.39 Å². The van der Waals surface area contributed by atoms with Crippen LogP contribution in [0.25, 0.3) is 0 Å². The molecule has 0 fully saturated rings. The molecule has 0 radical (unpaired) electrons. The molecule has 1 heterocycles. The van der Waals surface area contributed by atoms with Crippen molar-refractivity contribution >= 4 is 17.6 Å². The van der Waals surface area contributed by atoms with Crippen molar-refractivity contribution in [2.24, 2.45) is 0 Å². The lowest BCUT2D eigenvalue weighted by molar-refractivity contribution is -0.143. The van der Waals surface area contributed by atoms with Crippen molar-refractivity contribution in [2.75, 3.05) is 19.8 Å². The maximum Gasteiger partial charge on any atom is 0.306 e. The lowest BCUT2D eigenvalue weighted by Crippen LogP contribution is -2.34. The molecular weight excluding hydrogens is 447 g/mol. The van der Waals surface area contributed by atoms with E-state index in [0.29, 0.717) is 42.1 Å². The average molecular weight is 471 g/mol. The van der Waals surface area contributed by atoms with Crippen LogP contribution in [0.5, 0.6) is 17.2 Å². The first-order chi connectivity index (χ1) is 16.0. The van der Waals surface area contributed by atoms with Gasteiger partial charge in [-0.15, -0.1) is 0 Å². The minimum absolute atomic E-state index is 0.162. The molecule has 33 heavy (non-hydrogen) atoms. The Hall–Kier alpha value is -3.25. The van der Waals surface area contributed by atoms with Gasteiger partial charge in [0.05, 0.1) is 13.0 Å². The molecule has 0 aromatic heterocycles. The Morgan fingerprint density at radius 2 is 1.76 bits per heavy atom. The minimum Gasteiger partial charge on any atom is -0.490 e. The lowest BCUT2D eigenvalue weighted by atomic mass is 9.88. The van der Waals surface area contributed by atoms with Crippen LogP contribution in [0.15, 0.2) is 66.7 Å². The summed E-state index contributed by atoms with van der Waals surface area (Å²) in [6, 6.07) is 18.9. The predicted molar refractivity (Wildman–Crippen MR) is 123 cm³/mol. The van der Waals surface area contributed by atoms with Crippen LogP contribution < -0.4 is 14.2 Å². The maximum absolute atomic E-state index is 13.4. The Morgan fingerprint density at radius 1 is 1.06 bits per heavy atom. The van der Waals surface area contributed by atoms with E-state index in [0.717, 1.165) is 11.1 Å². The highest BCUT2D eigenvalue weighted by atomic mass is 35.5. The standard InChI is InChI=1S/C26H24ClFO5/c1-2-30-26(29)14-23(17-3-8-20(28)9-4-17)18-5-10-21(11-6-18)31-15-22-16-32-24-12-7-19(27)13-25(24)33-22/h3-13,22-23H,2,14-16H2,1H3/t22-,23?/m0/s1. The molecule has 1 aliphatic heterocycles. The van der Waals surface area contributed by atoms with E-state index in [9.17, 15) is 9.18 Å². The monoisotopic (exact) mass is 470 g/mol. The van der Waals surface area contributed by atoms with Gasteiger partial charge in [0.2, 0.25) is 0 Å². The molecular formula is C26H24ClFO5. The number of esters is 1. The summed E-state index contributed by atoms with van der Waals surface area (Å²) in [5, 5.41) is 0.577. The van der Waals surface area contributed by atoms with Gasteiger partial charge in [0, 0.05) is 17.0 Å². The lowest BCUT2D eigenvalue weighted by Gasteiger charge is -2.26. The minimum atomic E-state index is -0.323. The smallest absolute Gasteiger partial charge is 0.306 e. The number of carbonyl (C=O) groups is 1. The van der Waals surface area contributed by atoms with Gasteiger partial charge in [-0.05, 0) is 54.4 Å². The average Bonchev–Trinajstić information content (AvgIpc) is 2.82. The molecule has 0 saturated heterocycles. The van der Waals surface area contributed by atoms with Gasteiger partial charge in [-0.2, -0.15) is 0 Å². The number of rotatable bonds is 8. The third-order valence-electron chi connectivity index (χ3n) is 5.29. The predicted octanol–water partition coefficient (Wildman–Crippen LogP) is 5.78. The van der Waals surface area contributed by atoms with Crippen LogP contribution in [0, 0.1) is 5.82 Å². The highest BCUT2D eigenvalue weighted by Gasteiger charge is 2.23. The zero-order valence-corrected chi connectivity index (χ0v) is 18.9. The van der Waals surface area contributed by atoms with Gasteiger partial charge in [0.25, 0.3) is 0 Å². The molecule has 2 atom stereocenters. The molecule has 0 aliphatic carbocycles. The maximum atomic E-state index is 13.4. The van der Waals surface area contributed by atoms with Crippen LogP contribution in [0.2, 0.25) is 5.02 Å². The fourth-order valence-corrected chi connectivity index (χ4v) is 3.83. The van der Waals surface area contributed by atoms with Gasteiger partial charge in [0.1, 0.15) is 24.8 Å². The van der Waals surface area contributed by atoms with E-state index < -0.39 is 0 Å². The highest BCUT2D eigenvalue weighted by molar-refractivity contribution is 6.30. The molecule has 1 aliphatic rings. The molecule has 5 nitrogen and oxygen atoms in total. The summed E-state index contributed by atoms with van der Waals surface area (Å²) in [4.78, 5) is 12.2. The van der Waals surface area contributed by atoms with E-state index in [4.69, 9.17) is 30.5 Å². The number of carbonyl (C=O) groups excluding carboxylic acids is 1. The van der Waals surface area contributed by atoms with Crippen LogP contribution >= 0.6 is 11.6 Å². The normalized spacial score (nSPS) is 15.5. The van der Waals surface area contributed by atoms with Crippen LogP contribution in [-0.2, 0) is 9.53 Å². The van der Waals surface area contributed by atoms with Crippen molar-refractivity contribution in [2.45, 2.75) is 25.4 Å². The van der Waals surface area contributed by atoms with E-state index >= 15 is 0 Å². The van der Waals surface area contributed by atoms with E-state index in [2.05, 4.69) is 0 Å². The summed E-state index contributed by atoms with van der Waals surface area (Å²) < 4.78 is 36.0. The van der Waals surface area contributed by atoms with Crippen molar-refractivity contribution < 1.29 is 28.1 Å². The van der Waals surface area contributed by atoms with E-state index in [1.807, 2.05) is 24.3 Å². The zero-order valence-electron chi connectivity index (χ0n) is 18.1. The largest absolute Gasteiger partial charge is 0.490 e. The summed E-state index contributed by atoms with van der Waals surface area (Å²) >= 11 is 6.02. The van der Waals surface area contributed by atoms with Gasteiger partial charge >= 0.3 is 5.97 Å². The molecule has 0 saturated carbocycles. The van der Waals surface area contributed by atoms with Crippen molar-refractivity contribution in [3.63, 3.8) is 0 Å². The first-order valence-corrected chi connectivity index (χ1v) is 11.1. The summed E-state index contributed by atoms with van der Waals surface area (Å²) in [6.45, 7) is 2.75. The van der Waals surface area contributed by atoms with Gasteiger partial charge in [-0.3, -0.25) is 4.79 Å². The molecule has 3 aromatic rings. The van der Waals surface area contributed by atoms with Crippen molar-refractivity contribution in [1.29, 1.82) is 0 Å². The van der Waals surface area contributed by atoms with Gasteiger partial charge in [-0.1, -0.05) is 35.9 Å². The third kappa shape index (κ3) is 5.96. The summed E-state index contributed by atoms with van der Waals surface area (Å²) in [5.74, 6) is 1.04. The summed E-state index contributed by atoms with van der Waals surface area (Å²) in [7, 11) is 0. The number of fused-ring (bicyclic) bond motifs is 1. The molecule has 4 rings (SSSR count). The Morgan fingerprint density at radius 3 is 2.45 bits per heavy atom. The second-order valence-corrected chi connectivity index (χ2v) is 8.07. The Labute approximate surface area is 197 Å². The summed E-state index contributed by atoms with van der Waals surface area (Å²) in [5.41, 5.74) is 1.74. The second-order valence-electron chi connectivity index (χ2n) is 7.64. The van der Waals surface area contributed by atoms with Gasteiger partial charge in [-0.25, -0.2) is 4.39 Å². The van der Waals surface area contributed by atoms with Crippen molar-refractivity contribution in [1.82, 2.24) is 0 Å². The Balaban J connectivity index is 1.42. The summed E-state index contributed by atoms with van der Waals surface area (Å²) in [6.07, 6.45) is -0.110. The topological polar surface area (TPSA) is 54.0 Å². The van der Waals surface area contributed by atoms with Crippen molar-refractivity contribution in [3.8, 4) is 17.2 Å². The van der Waals surface area contributed by atoms with E-state index in [1.54, 1.807) is 37.3 Å². The fraction of sp³-hybridized carbons (Fsp3) is 0.269. The van der Waals surface area contributed by atoms with Crippen LogP contribution in [0.3, 0.4) is 0 Å². The fourth-order valence-electron chi connectivity index (χ4n) is 3.67. The number of halogens is 2. The molecule has 7 heteroatoms. The Bertz CT molecular complexity index is 1080. The highest BCUT2D eigenvalue weighted by Crippen LogP contribution is 2.34. The third-order valence-corrected chi connectivity index (χ3v) is 5.53. The molecule has 0 bridgehead atoms. The molecule has 0 N–H and O–H groups in total. The van der Waals surface area contributed by atoms with E-state index in [1.165, 1.54) is 12.1 Å². The molecule has 3 aromatic carbocycles. The van der Waals surface area contributed by atoms with Gasteiger partial charge in [0.15, 0.2) is 17.6 Å². The number of ether oxygens (including phenoxy) is 4.